The van der Waals surface area contributed by atoms with Crippen molar-refractivity contribution < 1.29 is 9.53 Å². The minimum Gasteiger partial charge on any atom is -0.378 e. The predicted octanol–water partition coefficient (Wildman–Crippen LogP) is 1.53. The predicted molar refractivity (Wildman–Crippen MR) is 56.0 cm³/mol. The molecule has 1 aliphatic heterocycles. The van der Waals surface area contributed by atoms with Crippen LogP contribution in [-0.2, 0) is 9.53 Å². The first kappa shape index (κ1) is 11.5. The molecule has 0 radical (unpaired) electrons. The lowest BCUT2D eigenvalue weighted by Crippen LogP contribution is -2.48. The molecule has 0 spiro atoms. The maximum atomic E-state index is 12.1. The zero-order chi connectivity index (χ0) is 10.8. The number of hydrogen-bond donors (Lipinski definition) is 0. The Morgan fingerprint density at radius 1 is 1.29 bits per heavy atom. The van der Waals surface area contributed by atoms with Crippen molar-refractivity contribution >= 4 is 5.91 Å². The van der Waals surface area contributed by atoms with Crippen molar-refractivity contribution in [2.24, 2.45) is 11.3 Å². The van der Waals surface area contributed by atoms with Gasteiger partial charge in [0.15, 0.2) is 0 Å². The summed E-state index contributed by atoms with van der Waals surface area (Å²) in [6.45, 7) is 11.1. The summed E-state index contributed by atoms with van der Waals surface area (Å²) < 4.78 is 5.23. The van der Waals surface area contributed by atoms with E-state index in [0.29, 0.717) is 19.1 Å². The molecule has 82 valence electrons. The van der Waals surface area contributed by atoms with Crippen LogP contribution in [0.5, 0.6) is 0 Å². The molecule has 3 nitrogen and oxygen atoms in total. The van der Waals surface area contributed by atoms with E-state index < -0.39 is 0 Å². The van der Waals surface area contributed by atoms with E-state index in [1.807, 2.05) is 18.7 Å². The zero-order valence-corrected chi connectivity index (χ0v) is 9.67. The Morgan fingerprint density at radius 3 is 2.21 bits per heavy atom. The van der Waals surface area contributed by atoms with Crippen molar-refractivity contribution in [3.05, 3.63) is 0 Å². The number of hydrogen-bond acceptors (Lipinski definition) is 2. The summed E-state index contributed by atoms with van der Waals surface area (Å²) in [5.74, 6) is 0.633. The van der Waals surface area contributed by atoms with Crippen LogP contribution in [0.1, 0.15) is 27.7 Å². The molecule has 1 aliphatic rings. The summed E-state index contributed by atoms with van der Waals surface area (Å²) in [6, 6.07) is 0. The molecule has 0 aliphatic carbocycles. The molecule has 3 heteroatoms. The third kappa shape index (κ3) is 2.27. The lowest BCUT2D eigenvalue weighted by molar-refractivity contribution is -0.146. The molecule has 0 unspecified atom stereocenters. The van der Waals surface area contributed by atoms with E-state index in [2.05, 4.69) is 13.8 Å². The van der Waals surface area contributed by atoms with E-state index in [0.717, 1.165) is 13.1 Å². The first-order valence-corrected chi connectivity index (χ1v) is 5.33. The van der Waals surface area contributed by atoms with Crippen molar-refractivity contribution in [1.29, 1.82) is 0 Å². The third-order valence-electron chi connectivity index (χ3n) is 3.29. The van der Waals surface area contributed by atoms with Gasteiger partial charge >= 0.3 is 0 Å². The van der Waals surface area contributed by atoms with Crippen LogP contribution in [0.4, 0.5) is 0 Å². The first-order chi connectivity index (χ1) is 6.46. The minimum atomic E-state index is -0.253. The molecule has 1 amide bonds. The minimum absolute atomic E-state index is 0.253. The standard InChI is InChI=1S/C11H21NO2/c1-9(2)11(3,4)10(13)12-5-7-14-8-6-12/h9H,5-8H2,1-4H3. The molecule has 14 heavy (non-hydrogen) atoms. The fraction of sp³-hybridized carbons (Fsp3) is 0.909. The number of rotatable bonds is 2. The molecule has 0 bridgehead atoms. The van der Waals surface area contributed by atoms with Crippen molar-refractivity contribution in [3.63, 3.8) is 0 Å². The van der Waals surface area contributed by atoms with Gasteiger partial charge < -0.3 is 9.64 Å². The molecule has 0 atom stereocenters. The molecule has 0 aromatic rings. The first-order valence-electron chi connectivity index (χ1n) is 5.33. The monoisotopic (exact) mass is 199 g/mol. The number of amides is 1. The van der Waals surface area contributed by atoms with Gasteiger partial charge in [0.05, 0.1) is 13.2 Å². The second kappa shape index (κ2) is 4.30. The largest absolute Gasteiger partial charge is 0.378 e. The van der Waals surface area contributed by atoms with Gasteiger partial charge in [0, 0.05) is 18.5 Å². The third-order valence-corrected chi connectivity index (χ3v) is 3.29. The topological polar surface area (TPSA) is 29.5 Å². The van der Waals surface area contributed by atoms with Crippen molar-refractivity contribution in [2.45, 2.75) is 27.7 Å². The molecular weight excluding hydrogens is 178 g/mol. The average Bonchev–Trinajstić information content (AvgIpc) is 2.17. The van der Waals surface area contributed by atoms with Gasteiger partial charge in [-0.3, -0.25) is 4.79 Å². The molecule has 0 aromatic heterocycles. The van der Waals surface area contributed by atoms with Gasteiger partial charge in [-0.2, -0.15) is 0 Å². The van der Waals surface area contributed by atoms with Gasteiger partial charge in [-0.15, -0.1) is 0 Å². The summed E-state index contributed by atoms with van der Waals surface area (Å²) in [5.41, 5.74) is -0.253. The summed E-state index contributed by atoms with van der Waals surface area (Å²) in [5, 5.41) is 0. The van der Waals surface area contributed by atoms with E-state index in [-0.39, 0.29) is 11.3 Å². The van der Waals surface area contributed by atoms with Gasteiger partial charge in [-0.05, 0) is 5.92 Å². The van der Waals surface area contributed by atoms with Crippen molar-refractivity contribution in [2.75, 3.05) is 26.3 Å². The number of carbonyl (C=O) groups excluding carboxylic acids is 1. The average molecular weight is 199 g/mol. The fourth-order valence-electron chi connectivity index (χ4n) is 1.42. The maximum absolute atomic E-state index is 12.1. The normalized spacial score (nSPS) is 18.8. The molecular formula is C11H21NO2. The maximum Gasteiger partial charge on any atom is 0.228 e. The second-order valence-electron chi connectivity index (χ2n) is 4.78. The van der Waals surface area contributed by atoms with Crippen molar-refractivity contribution in [1.82, 2.24) is 4.90 Å². The van der Waals surface area contributed by atoms with Crippen LogP contribution in [0.2, 0.25) is 0 Å². The van der Waals surface area contributed by atoms with E-state index in [1.165, 1.54) is 0 Å². The fourth-order valence-corrected chi connectivity index (χ4v) is 1.42. The van der Waals surface area contributed by atoms with E-state index in [1.54, 1.807) is 0 Å². The van der Waals surface area contributed by atoms with Crippen molar-refractivity contribution in [3.8, 4) is 0 Å². The molecule has 1 heterocycles. The molecule has 1 rings (SSSR count). The van der Waals surface area contributed by atoms with Crippen LogP contribution in [-0.4, -0.2) is 37.1 Å². The van der Waals surface area contributed by atoms with Gasteiger partial charge in [0.1, 0.15) is 0 Å². The Labute approximate surface area is 86.4 Å². The molecule has 1 saturated heterocycles. The zero-order valence-electron chi connectivity index (χ0n) is 9.67. The van der Waals surface area contributed by atoms with Crippen LogP contribution in [0.15, 0.2) is 0 Å². The number of nitrogens with zero attached hydrogens (tertiary/aromatic N) is 1. The highest BCUT2D eigenvalue weighted by Crippen LogP contribution is 2.28. The van der Waals surface area contributed by atoms with Gasteiger partial charge in [-0.1, -0.05) is 27.7 Å². The Bertz CT molecular complexity index is 205. The highest BCUT2D eigenvalue weighted by Gasteiger charge is 2.35. The van der Waals surface area contributed by atoms with Gasteiger partial charge in [-0.25, -0.2) is 0 Å². The van der Waals surface area contributed by atoms with Crippen LogP contribution in [0.3, 0.4) is 0 Å². The summed E-state index contributed by atoms with van der Waals surface area (Å²) in [6.07, 6.45) is 0. The smallest absolute Gasteiger partial charge is 0.228 e. The number of carbonyl (C=O) groups is 1. The SMILES string of the molecule is CC(C)C(C)(C)C(=O)N1CCOCC1. The summed E-state index contributed by atoms with van der Waals surface area (Å²) >= 11 is 0. The molecule has 0 saturated carbocycles. The second-order valence-corrected chi connectivity index (χ2v) is 4.78. The van der Waals surface area contributed by atoms with E-state index >= 15 is 0 Å². The summed E-state index contributed by atoms with van der Waals surface area (Å²) in [4.78, 5) is 14.1. The number of ether oxygens (including phenoxy) is 1. The van der Waals surface area contributed by atoms with Gasteiger partial charge in [0.25, 0.3) is 0 Å². The van der Waals surface area contributed by atoms with Crippen LogP contribution < -0.4 is 0 Å². The van der Waals surface area contributed by atoms with Crippen LogP contribution >= 0.6 is 0 Å². The van der Waals surface area contributed by atoms with Crippen LogP contribution in [0, 0.1) is 11.3 Å². The molecule has 1 fully saturated rings. The lowest BCUT2D eigenvalue weighted by Gasteiger charge is -2.36. The van der Waals surface area contributed by atoms with Crippen LogP contribution in [0.25, 0.3) is 0 Å². The van der Waals surface area contributed by atoms with E-state index in [9.17, 15) is 4.79 Å². The number of morpholine rings is 1. The Morgan fingerprint density at radius 2 is 1.79 bits per heavy atom. The van der Waals surface area contributed by atoms with Gasteiger partial charge in [0.2, 0.25) is 5.91 Å². The summed E-state index contributed by atoms with van der Waals surface area (Å²) in [7, 11) is 0. The Balaban J connectivity index is 2.63. The molecule has 0 N–H and O–H groups in total. The van der Waals surface area contributed by atoms with E-state index in [4.69, 9.17) is 4.74 Å². The highest BCUT2D eigenvalue weighted by molar-refractivity contribution is 5.82. The highest BCUT2D eigenvalue weighted by atomic mass is 16.5. The quantitative estimate of drug-likeness (QED) is 0.675. The Hall–Kier alpha value is -0.570. The molecule has 0 aromatic carbocycles. The lowest BCUT2D eigenvalue weighted by atomic mass is 9.80. The Kier molecular flexibility index (Phi) is 3.53.